The van der Waals surface area contributed by atoms with Crippen LogP contribution in [0.3, 0.4) is 0 Å². The first kappa shape index (κ1) is 22.1. The Labute approximate surface area is 191 Å². The van der Waals surface area contributed by atoms with Crippen LogP contribution in [-0.4, -0.2) is 26.0 Å². The van der Waals surface area contributed by atoms with E-state index in [-0.39, 0.29) is 11.3 Å². The van der Waals surface area contributed by atoms with Gasteiger partial charge in [0.2, 0.25) is 0 Å². The zero-order valence-corrected chi connectivity index (χ0v) is 18.7. The minimum Gasteiger partial charge on any atom is -0.497 e. The predicted octanol–water partition coefficient (Wildman–Crippen LogP) is 4.86. The highest BCUT2D eigenvalue weighted by atomic mass is 19.1. The number of nitrogens with zero attached hydrogens (tertiary/aromatic N) is 1. The summed E-state index contributed by atoms with van der Waals surface area (Å²) in [4.78, 5) is 28.2. The van der Waals surface area contributed by atoms with Gasteiger partial charge in [0, 0.05) is 6.07 Å². The van der Waals surface area contributed by atoms with Gasteiger partial charge in [0.05, 0.1) is 31.2 Å². The van der Waals surface area contributed by atoms with E-state index < -0.39 is 17.6 Å². The number of ether oxygens (including phenoxy) is 2. The number of methoxy groups -OCH3 is 2. The molecule has 4 rings (SSSR count). The van der Waals surface area contributed by atoms with Gasteiger partial charge < -0.3 is 14.8 Å². The first-order valence-electron chi connectivity index (χ1n) is 10.3. The first-order chi connectivity index (χ1) is 15.8. The van der Waals surface area contributed by atoms with Gasteiger partial charge in [0.15, 0.2) is 0 Å². The molecule has 3 aromatic carbocycles. The summed E-state index contributed by atoms with van der Waals surface area (Å²) in [5, 5.41) is 3.07. The lowest BCUT2D eigenvalue weighted by atomic mass is 10.0. The maximum absolute atomic E-state index is 13.6. The molecule has 6 nitrogen and oxygen atoms in total. The van der Waals surface area contributed by atoms with Crippen LogP contribution < -0.4 is 19.7 Å². The molecule has 7 heteroatoms. The van der Waals surface area contributed by atoms with E-state index in [2.05, 4.69) is 5.32 Å². The van der Waals surface area contributed by atoms with Gasteiger partial charge in [-0.1, -0.05) is 18.2 Å². The third kappa shape index (κ3) is 4.05. The number of amides is 2. The summed E-state index contributed by atoms with van der Waals surface area (Å²) in [6.07, 6.45) is 0. The summed E-state index contributed by atoms with van der Waals surface area (Å²) in [5.74, 6) is -0.431. The number of hydrogen-bond acceptors (Lipinski definition) is 5. The van der Waals surface area contributed by atoms with Crippen molar-refractivity contribution in [3.05, 3.63) is 88.9 Å². The van der Waals surface area contributed by atoms with E-state index >= 15 is 0 Å². The van der Waals surface area contributed by atoms with Crippen LogP contribution in [0.4, 0.5) is 15.8 Å². The topological polar surface area (TPSA) is 67.9 Å². The molecule has 1 N–H and O–H groups in total. The standard InChI is InChI=1S/C26H23FN2O4/c1-15-5-10-19(13-16(15)2)29-25(30)23(17-6-8-18(27)9-7-17)24(26(29)31)28-21-12-11-20(32-3)14-22(21)33-4/h5-14,28H,1-4H3. The van der Waals surface area contributed by atoms with Crippen LogP contribution in [-0.2, 0) is 9.59 Å². The van der Waals surface area contributed by atoms with Crippen LogP contribution in [0.1, 0.15) is 16.7 Å². The Morgan fingerprint density at radius 2 is 1.55 bits per heavy atom. The molecular formula is C26H23FN2O4. The molecule has 0 fully saturated rings. The van der Waals surface area contributed by atoms with E-state index in [1.165, 1.54) is 38.5 Å². The molecule has 0 spiro atoms. The van der Waals surface area contributed by atoms with Gasteiger partial charge in [-0.15, -0.1) is 0 Å². The Morgan fingerprint density at radius 1 is 0.818 bits per heavy atom. The average molecular weight is 446 g/mol. The molecule has 1 aliphatic rings. The van der Waals surface area contributed by atoms with E-state index in [1.54, 1.807) is 30.3 Å². The molecule has 0 radical (unpaired) electrons. The zero-order valence-electron chi connectivity index (χ0n) is 18.7. The molecule has 0 atom stereocenters. The second-order valence-electron chi connectivity index (χ2n) is 7.66. The van der Waals surface area contributed by atoms with Gasteiger partial charge in [0.25, 0.3) is 11.8 Å². The van der Waals surface area contributed by atoms with Crippen LogP contribution in [0, 0.1) is 19.7 Å². The quantitative estimate of drug-likeness (QED) is 0.548. The minimum atomic E-state index is -0.513. The summed E-state index contributed by atoms with van der Waals surface area (Å²) in [6, 6.07) is 15.9. The molecular weight excluding hydrogens is 423 g/mol. The van der Waals surface area contributed by atoms with Gasteiger partial charge in [-0.05, 0) is 66.9 Å². The van der Waals surface area contributed by atoms with E-state index in [0.717, 1.165) is 16.0 Å². The van der Waals surface area contributed by atoms with E-state index in [0.29, 0.717) is 28.4 Å². The molecule has 0 saturated heterocycles. The monoisotopic (exact) mass is 446 g/mol. The number of hydrogen-bond donors (Lipinski definition) is 1. The highest BCUT2D eigenvalue weighted by Crippen LogP contribution is 2.37. The van der Waals surface area contributed by atoms with Crippen molar-refractivity contribution in [2.45, 2.75) is 13.8 Å². The Hall–Kier alpha value is -4.13. The molecule has 168 valence electrons. The van der Waals surface area contributed by atoms with Crippen LogP contribution in [0.2, 0.25) is 0 Å². The highest BCUT2D eigenvalue weighted by Gasteiger charge is 2.40. The van der Waals surface area contributed by atoms with Crippen LogP contribution in [0.5, 0.6) is 11.5 Å². The number of halogens is 1. The minimum absolute atomic E-state index is 0.0771. The smallest absolute Gasteiger partial charge is 0.282 e. The summed E-state index contributed by atoms with van der Waals surface area (Å²) in [7, 11) is 3.04. The van der Waals surface area contributed by atoms with Crippen molar-refractivity contribution < 1.29 is 23.5 Å². The van der Waals surface area contributed by atoms with Crippen molar-refractivity contribution in [2.24, 2.45) is 0 Å². The predicted molar refractivity (Wildman–Crippen MR) is 125 cm³/mol. The fraction of sp³-hybridized carbons (Fsp3) is 0.154. The van der Waals surface area contributed by atoms with Crippen molar-refractivity contribution in [2.75, 3.05) is 24.4 Å². The largest absolute Gasteiger partial charge is 0.497 e. The summed E-state index contributed by atoms with van der Waals surface area (Å²) >= 11 is 0. The molecule has 0 aliphatic carbocycles. The number of benzene rings is 3. The van der Waals surface area contributed by atoms with Gasteiger partial charge in [-0.25, -0.2) is 9.29 Å². The molecule has 0 unspecified atom stereocenters. The van der Waals surface area contributed by atoms with Crippen molar-refractivity contribution in [3.63, 3.8) is 0 Å². The normalized spacial score (nSPS) is 13.5. The Morgan fingerprint density at radius 3 is 2.18 bits per heavy atom. The second-order valence-corrected chi connectivity index (χ2v) is 7.66. The number of rotatable bonds is 6. The lowest BCUT2D eigenvalue weighted by Crippen LogP contribution is -2.32. The zero-order chi connectivity index (χ0) is 23.7. The van der Waals surface area contributed by atoms with Crippen LogP contribution >= 0.6 is 0 Å². The van der Waals surface area contributed by atoms with Gasteiger partial charge in [-0.2, -0.15) is 0 Å². The molecule has 2 amide bonds. The molecule has 1 heterocycles. The Kier molecular flexibility index (Phi) is 5.87. The molecule has 0 aromatic heterocycles. The molecule has 0 bridgehead atoms. The fourth-order valence-corrected chi connectivity index (χ4v) is 3.67. The molecule has 3 aromatic rings. The summed E-state index contributed by atoms with van der Waals surface area (Å²) in [5.41, 5.74) is 3.60. The highest BCUT2D eigenvalue weighted by molar-refractivity contribution is 6.46. The van der Waals surface area contributed by atoms with Gasteiger partial charge in [0.1, 0.15) is 23.0 Å². The maximum atomic E-state index is 13.6. The number of carbonyl (C=O) groups excluding carboxylic acids is 2. The van der Waals surface area contributed by atoms with Crippen LogP contribution in [0.15, 0.2) is 66.4 Å². The van der Waals surface area contributed by atoms with Crippen molar-refractivity contribution >= 4 is 28.8 Å². The lowest BCUT2D eigenvalue weighted by Gasteiger charge is -2.17. The third-order valence-corrected chi connectivity index (χ3v) is 5.63. The van der Waals surface area contributed by atoms with Crippen LogP contribution in [0.25, 0.3) is 5.57 Å². The SMILES string of the molecule is COc1ccc(NC2=C(c3ccc(F)cc3)C(=O)N(c3ccc(C)c(C)c3)C2=O)c(OC)c1. The van der Waals surface area contributed by atoms with Gasteiger partial charge >= 0.3 is 0 Å². The third-order valence-electron chi connectivity index (χ3n) is 5.63. The summed E-state index contributed by atoms with van der Waals surface area (Å²) in [6.45, 7) is 3.87. The number of carbonyl (C=O) groups is 2. The van der Waals surface area contributed by atoms with E-state index in [9.17, 15) is 14.0 Å². The Bertz CT molecular complexity index is 1280. The van der Waals surface area contributed by atoms with Crippen molar-refractivity contribution in [1.82, 2.24) is 0 Å². The fourth-order valence-electron chi connectivity index (χ4n) is 3.67. The average Bonchev–Trinajstić information content (AvgIpc) is 3.06. The van der Waals surface area contributed by atoms with Gasteiger partial charge in [-0.3, -0.25) is 9.59 Å². The number of imide groups is 1. The lowest BCUT2D eigenvalue weighted by molar-refractivity contribution is -0.120. The molecule has 0 saturated carbocycles. The Balaban J connectivity index is 1.84. The molecule has 1 aliphatic heterocycles. The first-order valence-corrected chi connectivity index (χ1v) is 10.3. The second kappa shape index (κ2) is 8.78. The number of nitrogens with one attached hydrogen (secondary N) is 1. The van der Waals surface area contributed by atoms with Crippen molar-refractivity contribution in [1.29, 1.82) is 0 Å². The number of aryl methyl sites for hydroxylation is 2. The summed E-state index contributed by atoms with van der Waals surface area (Å²) < 4.78 is 24.2. The van der Waals surface area contributed by atoms with E-state index in [4.69, 9.17) is 9.47 Å². The molecule has 33 heavy (non-hydrogen) atoms. The van der Waals surface area contributed by atoms with E-state index in [1.807, 2.05) is 19.9 Å². The van der Waals surface area contributed by atoms with Crippen molar-refractivity contribution in [3.8, 4) is 11.5 Å². The number of anilines is 2. The maximum Gasteiger partial charge on any atom is 0.282 e.